The van der Waals surface area contributed by atoms with Gasteiger partial charge < -0.3 is 44.7 Å². The number of carboxylic acids is 1. The van der Waals surface area contributed by atoms with Crippen LogP contribution in [-0.2, 0) is 9.53 Å². The van der Waals surface area contributed by atoms with E-state index in [2.05, 4.69) is 5.32 Å². The molecule has 6 atom stereocenters. The van der Waals surface area contributed by atoms with Crippen molar-refractivity contribution in [3.63, 3.8) is 0 Å². The summed E-state index contributed by atoms with van der Waals surface area (Å²) in [5, 5.41) is 48.0. The summed E-state index contributed by atoms with van der Waals surface area (Å²) in [5.74, 6) is -0.803. The van der Waals surface area contributed by atoms with Gasteiger partial charge in [-0.2, -0.15) is 0 Å². The number of carboxylic acid groups (broad SMARTS) is 1. The van der Waals surface area contributed by atoms with E-state index < -0.39 is 36.7 Å². The van der Waals surface area contributed by atoms with E-state index in [-0.39, 0.29) is 41.4 Å². The van der Waals surface area contributed by atoms with Crippen LogP contribution in [-0.4, -0.2) is 65.6 Å². The van der Waals surface area contributed by atoms with Gasteiger partial charge in [-0.1, -0.05) is 30.3 Å². The summed E-state index contributed by atoms with van der Waals surface area (Å²) < 4.78 is 17.4. The van der Waals surface area contributed by atoms with Crippen LogP contribution >= 0.6 is 11.3 Å². The quantitative estimate of drug-likeness (QED) is 0.231. The number of hydrogen-bond donors (Lipinski definition) is 4. The van der Waals surface area contributed by atoms with Crippen LogP contribution in [0.3, 0.4) is 0 Å². The van der Waals surface area contributed by atoms with Crippen molar-refractivity contribution in [3.05, 3.63) is 58.8 Å². The third-order valence-corrected chi connectivity index (χ3v) is 6.64. The molecule has 0 radical (unpaired) electrons. The van der Waals surface area contributed by atoms with Gasteiger partial charge in [-0.15, -0.1) is 11.3 Å². The van der Waals surface area contributed by atoms with Gasteiger partial charge in [-0.05, 0) is 37.2 Å². The molecule has 0 bridgehead atoms. The molecule has 0 unspecified atom stereocenters. The first-order chi connectivity index (χ1) is 16.4. The summed E-state index contributed by atoms with van der Waals surface area (Å²) in [6, 6.07) is 14.7. The number of nitrogens with one attached hydrogen (secondary N) is 1. The van der Waals surface area contributed by atoms with Gasteiger partial charge in [0.05, 0.1) is 5.97 Å². The predicted octanol–water partition coefficient (Wildman–Crippen LogP) is -2.43. The normalized spacial score (nSPS) is 25.0. The first-order valence-electron chi connectivity index (χ1n) is 10.8. The third kappa shape index (κ3) is 6.16. The largest absolute Gasteiger partial charge is 1.00 e. The van der Waals surface area contributed by atoms with Crippen LogP contribution in [0, 0.1) is 0 Å². The monoisotopic (exact) mass is 511 g/mol. The number of aliphatic hydroxyl groups is 3. The first kappa shape index (κ1) is 27.9. The summed E-state index contributed by atoms with van der Waals surface area (Å²) in [5.41, 5.74) is 0. The van der Waals surface area contributed by atoms with Gasteiger partial charge in [-0.3, -0.25) is 0 Å². The number of aliphatic hydroxyl groups excluding tert-OH is 3. The number of carbonyl (C=O) groups excluding carboxylic acids is 1. The van der Waals surface area contributed by atoms with Crippen molar-refractivity contribution in [2.45, 2.75) is 43.2 Å². The Morgan fingerprint density at radius 1 is 1.06 bits per heavy atom. The Morgan fingerprint density at radius 3 is 2.37 bits per heavy atom. The van der Waals surface area contributed by atoms with Gasteiger partial charge in [0.1, 0.15) is 42.0 Å². The molecule has 0 aliphatic carbocycles. The molecular formula is C24H26NNaO8S. The Labute approximate surface area is 228 Å². The van der Waals surface area contributed by atoms with Crippen LogP contribution in [0.25, 0.3) is 10.8 Å². The zero-order valence-electron chi connectivity index (χ0n) is 19.4. The maximum Gasteiger partial charge on any atom is 1.00 e. The van der Waals surface area contributed by atoms with Gasteiger partial charge in [0.15, 0.2) is 0 Å². The average molecular weight is 512 g/mol. The zero-order valence-corrected chi connectivity index (χ0v) is 22.2. The summed E-state index contributed by atoms with van der Waals surface area (Å²) >= 11 is 1.62. The Kier molecular flexibility index (Phi) is 9.94. The molecule has 2 heterocycles. The molecule has 0 saturated carbocycles. The van der Waals surface area contributed by atoms with Crippen molar-refractivity contribution in [1.29, 1.82) is 0 Å². The third-order valence-electron chi connectivity index (χ3n) is 5.68. The van der Waals surface area contributed by atoms with Gasteiger partial charge in [0.25, 0.3) is 0 Å². The van der Waals surface area contributed by atoms with Crippen LogP contribution in [0.5, 0.6) is 11.5 Å². The number of benzene rings is 2. The average Bonchev–Trinajstić information content (AvgIpc) is 3.37. The first-order valence-corrected chi connectivity index (χ1v) is 11.7. The number of carbonyl (C=O) groups is 1. The molecule has 0 spiro atoms. The molecule has 182 valence electrons. The number of thiophene rings is 1. The molecule has 35 heavy (non-hydrogen) atoms. The number of aliphatic carboxylic acids is 1. The number of fused-ring (bicyclic) bond motifs is 1. The van der Waals surface area contributed by atoms with Crippen molar-refractivity contribution in [2.75, 3.05) is 13.6 Å². The topological polar surface area (TPSA) is 141 Å². The molecule has 1 fully saturated rings. The van der Waals surface area contributed by atoms with E-state index in [4.69, 9.17) is 14.2 Å². The molecule has 9 nitrogen and oxygen atoms in total. The Morgan fingerprint density at radius 2 is 1.74 bits per heavy atom. The second kappa shape index (κ2) is 12.5. The van der Waals surface area contributed by atoms with Crippen LogP contribution in [0.2, 0.25) is 0 Å². The van der Waals surface area contributed by atoms with Crippen molar-refractivity contribution in [1.82, 2.24) is 5.32 Å². The van der Waals surface area contributed by atoms with Crippen LogP contribution in [0.15, 0.2) is 53.9 Å². The summed E-state index contributed by atoms with van der Waals surface area (Å²) in [4.78, 5) is 12.4. The summed E-state index contributed by atoms with van der Waals surface area (Å²) in [6.45, 7) is 0.770. The standard InChI is InChI=1S/C24H27NO8S.Na/c1-25-11-10-17(18-7-4-12-34-18)31-15-8-9-16(14-6-3-2-5-13(14)15)32-24-21(28)19(26)20(27)22(33-24)23(29)30;/h2-9,12,17,19-22,24-28H,10-11H2,1H3,(H,29,30);/q;+1/p-1/t17-,19-,20-,21+,22-,24+;/m0./s1. The molecule has 2 aromatic carbocycles. The predicted molar refractivity (Wildman–Crippen MR) is 122 cm³/mol. The fourth-order valence-electron chi connectivity index (χ4n) is 3.88. The van der Waals surface area contributed by atoms with E-state index in [1.807, 2.05) is 36.7 Å². The second-order valence-corrected chi connectivity index (χ2v) is 8.93. The zero-order chi connectivity index (χ0) is 24.2. The maximum absolute atomic E-state index is 11.3. The van der Waals surface area contributed by atoms with E-state index >= 15 is 0 Å². The number of rotatable bonds is 9. The molecule has 1 aliphatic heterocycles. The molecule has 3 aromatic rings. The van der Waals surface area contributed by atoms with Crippen LogP contribution in [0.4, 0.5) is 0 Å². The minimum Gasteiger partial charge on any atom is -0.547 e. The van der Waals surface area contributed by atoms with E-state index in [9.17, 15) is 25.2 Å². The van der Waals surface area contributed by atoms with Crippen molar-refractivity contribution in [2.24, 2.45) is 0 Å². The van der Waals surface area contributed by atoms with E-state index in [0.717, 1.165) is 23.2 Å². The van der Waals surface area contributed by atoms with E-state index in [1.54, 1.807) is 35.6 Å². The number of hydrogen-bond acceptors (Lipinski definition) is 10. The Balaban J connectivity index is 0.00000342. The second-order valence-electron chi connectivity index (χ2n) is 7.96. The van der Waals surface area contributed by atoms with E-state index in [0.29, 0.717) is 11.1 Å². The van der Waals surface area contributed by atoms with Crippen molar-refractivity contribution >= 4 is 28.1 Å². The summed E-state index contributed by atoms with van der Waals surface area (Å²) in [7, 11) is 1.88. The minimum absolute atomic E-state index is 0. The molecule has 1 saturated heterocycles. The SMILES string of the molecule is CNCC[C@H](Oc1ccc(O[C@@H]2O[C@H](C(=O)[O-])[C@@H](O)[C@H](O)[C@H]2O)c2ccccc12)c1cccs1.[Na+]. The van der Waals surface area contributed by atoms with Gasteiger partial charge >= 0.3 is 29.6 Å². The van der Waals surface area contributed by atoms with Gasteiger partial charge in [0, 0.05) is 22.1 Å². The molecule has 1 aromatic heterocycles. The van der Waals surface area contributed by atoms with Crippen molar-refractivity contribution < 1.29 is 69.0 Å². The molecule has 11 heteroatoms. The molecular weight excluding hydrogens is 485 g/mol. The smallest absolute Gasteiger partial charge is 0.547 e. The van der Waals surface area contributed by atoms with Crippen LogP contribution in [0.1, 0.15) is 17.4 Å². The minimum atomic E-state index is -1.85. The number of ether oxygens (including phenoxy) is 3. The van der Waals surface area contributed by atoms with Gasteiger partial charge in [0.2, 0.25) is 6.29 Å². The van der Waals surface area contributed by atoms with Crippen molar-refractivity contribution in [3.8, 4) is 11.5 Å². The van der Waals surface area contributed by atoms with Crippen LogP contribution < -0.4 is 49.5 Å². The summed E-state index contributed by atoms with van der Waals surface area (Å²) in [6.07, 6.45) is -8.09. The molecule has 0 amide bonds. The Hall–Kier alpha value is -1.73. The Bertz CT molecular complexity index is 1110. The molecule has 4 rings (SSSR count). The maximum atomic E-state index is 11.3. The fraction of sp³-hybridized carbons (Fsp3) is 0.375. The fourth-order valence-corrected chi connectivity index (χ4v) is 4.67. The van der Waals surface area contributed by atoms with E-state index in [1.165, 1.54) is 0 Å². The molecule has 1 aliphatic rings. The molecule has 4 N–H and O–H groups in total. The van der Waals surface area contributed by atoms with Gasteiger partial charge in [-0.25, -0.2) is 0 Å².